The first-order chi connectivity index (χ1) is 10.2. The van der Waals surface area contributed by atoms with Crippen LogP contribution in [0, 0.1) is 0 Å². The van der Waals surface area contributed by atoms with Gasteiger partial charge in [-0.3, -0.25) is 0 Å². The lowest BCUT2D eigenvalue weighted by Gasteiger charge is -2.43. The summed E-state index contributed by atoms with van der Waals surface area (Å²) in [4.78, 5) is 0. The van der Waals surface area contributed by atoms with Crippen LogP contribution in [-0.4, -0.2) is 31.5 Å². The van der Waals surface area contributed by atoms with E-state index in [4.69, 9.17) is 31.5 Å². The molecular weight excluding hydrogens is 290 g/mol. The van der Waals surface area contributed by atoms with Gasteiger partial charge in [0, 0.05) is 43.2 Å². The molecule has 0 aliphatic carbocycles. The molecule has 0 radical (unpaired) electrons. The van der Waals surface area contributed by atoms with Gasteiger partial charge in [0.2, 0.25) is 0 Å². The van der Waals surface area contributed by atoms with Gasteiger partial charge in [0.05, 0.1) is 12.2 Å². The van der Waals surface area contributed by atoms with Crippen LogP contribution >= 0.6 is 11.6 Å². The molecule has 1 aromatic rings. The lowest BCUT2D eigenvalue weighted by atomic mass is 9.85. The number of nitrogens with two attached hydrogens (primary N) is 1. The van der Waals surface area contributed by atoms with Crippen molar-refractivity contribution in [1.29, 1.82) is 0 Å². The molecule has 0 amide bonds. The van der Waals surface area contributed by atoms with Crippen molar-refractivity contribution in [2.45, 2.75) is 43.9 Å². The second-order valence-corrected chi connectivity index (χ2v) is 6.20. The molecule has 116 valence electrons. The predicted molar refractivity (Wildman–Crippen MR) is 81.7 cm³/mol. The van der Waals surface area contributed by atoms with Gasteiger partial charge in [-0.25, -0.2) is 0 Å². The highest BCUT2D eigenvalue weighted by Crippen LogP contribution is 2.36. The third-order valence-electron chi connectivity index (χ3n) is 4.43. The van der Waals surface area contributed by atoms with Gasteiger partial charge in [-0.05, 0) is 25.0 Å². The van der Waals surface area contributed by atoms with Crippen molar-refractivity contribution in [2.75, 3.05) is 19.8 Å². The van der Waals surface area contributed by atoms with Crippen LogP contribution in [-0.2, 0) is 16.0 Å². The quantitative estimate of drug-likeness (QED) is 0.932. The molecule has 0 aromatic heterocycles. The van der Waals surface area contributed by atoms with Crippen molar-refractivity contribution >= 4 is 11.6 Å². The second kappa shape index (κ2) is 6.53. The van der Waals surface area contributed by atoms with Crippen molar-refractivity contribution in [2.24, 2.45) is 5.73 Å². The summed E-state index contributed by atoms with van der Waals surface area (Å²) in [6, 6.07) is 5.70. The Bertz CT molecular complexity index is 483. The Hall–Kier alpha value is -0.810. The van der Waals surface area contributed by atoms with Crippen LogP contribution < -0.4 is 10.5 Å². The molecule has 2 aliphatic rings. The highest BCUT2D eigenvalue weighted by Gasteiger charge is 2.40. The molecule has 4 nitrogen and oxygen atoms in total. The first-order valence-corrected chi connectivity index (χ1v) is 7.96. The van der Waals surface area contributed by atoms with Crippen LogP contribution in [0.2, 0.25) is 5.02 Å². The molecule has 0 saturated carbocycles. The van der Waals surface area contributed by atoms with Gasteiger partial charge in [-0.2, -0.15) is 0 Å². The third-order valence-corrected chi connectivity index (χ3v) is 4.78. The normalized spacial score (nSPS) is 25.0. The van der Waals surface area contributed by atoms with E-state index >= 15 is 0 Å². The minimum absolute atomic E-state index is 0.0668. The maximum atomic E-state index is 6.20. The Labute approximate surface area is 130 Å². The van der Waals surface area contributed by atoms with Crippen LogP contribution in [0.5, 0.6) is 5.75 Å². The summed E-state index contributed by atoms with van der Waals surface area (Å²) in [5, 5.41) is 0.669. The molecule has 2 aliphatic heterocycles. The molecule has 5 heteroatoms. The summed E-state index contributed by atoms with van der Waals surface area (Å²) >= 11 is 6.19. The van der Waals surface area contributed by atoms with Crippen molar-refractivity contribution in [3.63, 3.8) is 0 Å². The van der Waals surface area contributed by atoms with E-state index in [0.717, 1.165) is 56.8 Å². The summed E-state index contributed by atoms with van der Waals surface area (Å²) in [6.07, 6.45) is 3.87. The molecular formula is C16H22ClNO3. The first-order valence-electron chi connectivity index (χ1n) is 7.58. The molecule has 2 fully saturated rings. The lowest BCUT2D eigenvalue weighted by molar-refractivity contribution is -0.155. The number of benzene rings is 1. The fraction of sp³-hybridized carbons (Fsp3) is 0.625. The SMILES string of the molecule is NCc1c(Cl)cccc1OC1CCOC2(CCOCC2)C1. The first kappa shape index (κ1) is 15.1. The smallest absolute Gasteiger partial charge is 0.125 e. The monoisotopic (exact) mass is 311 g/mol. The van der Waals surface area contributed by atoms with Crippen molar-refractivity contribution < 1.29 is 14.2 Å². The Balaban J connectivity index is 1.71. The molecule has 1 atom stereocenters. The molecule has 1 unspecified atom stereocenters. The molecule has 21 heavy (non-hydrogen) atoms. The largest absolute Gasteiger partial charge is 0.490 e. The van der Waals surface area contributed by atoms with Crippen LogP contribution in [0.3, 0.4) is 0 Å². The van der Waals surface area contributed by atoms with Gasteiger partial charge in [0.25, 0.3) is 0 Å². The highest BCUT2D eigenvalue weighted by atomic mass is 35.5. The molecule has 3 rings (SSSR count). The third kappa shape index (κ3) is 3.34. The number of halogens is 1. The fourth-order valence-electron chi connectivity index (χ4n) is 3.20. The van der Waals surface area contributed by atoms with Gasteiger partial charge in [0.15, 0.2) is 0 Å². The van der Waals surface area contributed by atoms with E-state index in [1.54, 1.807) is 0 Å². The highest BCUT2D eigenvalue weighted by molar-refractivity contribution is 6.31. The van der Waals surface area contributed by atoms with E-state index < -0.39 is 0 Å². The van der Waals surface area contributed by atoms with Gasteiger partial charge in [-0.1, -0.05) is 17.7 Å². The second-order valence-electron chi connectivity index (χ2n) is 5.80. The Morgan fingerprint density at radius 2 is 2.10 bits per heavy atom. The fourth-order valence-corrected chi connectivity index (χ4v) is 3.45. The van der Waals surface area contributed by atoms with Crippen LogP contribution in [0.4, 0.5) is 0 Å². The number of hydrogen-bond acceptors (Lipinski definition) is 4. The minimum atomic E-state index is -0.0668. The summed E-state index contributed by atoms with van der Waals surface area (Å²) < 4.78 is 17.7. The van der Waals surface area contributed by atoms with E-state index in [1.807, 2.05) is 18.2 Å². The van der Waals surface area contributed by atoms with Gasteiger partial charge >= 0.3 is 0 Å². The molecule has 1 aromatic carbocycles. The number of hydrogen-bond donors (Lipinski definition) is 1. The molecule has 2 heterocycles. The van der Waals surface area contributed by atoms with Gasteiger partial charge < -0.3 is 19.9 Å². The van der Waals surface area contributed by atoms with Crippen molar-refractivity contribution in [1.82, 2.24) is 0 Å². The molecule has 1 spiro atoms. The Kier molecular flexibility index (Phi) is 4.69. The van der Waals surface area contributed by atoms with E-state index in [1.165, 1.54) is 0 Å². The zero-order valence-corrected chi connectivity index (χ0v) is 12.9. The zero-order chi connectivity index (χ0) is 14.7. The van der Waals surface area contributed by atoms with Gasteiger partial charge in [-0.15, -0.1) is 0 Å². The number of rotatable bonds is 3. The van der Waals surface area contributed by atoms with Crippen LogP contribution in [0.15, 0.2) is 18.2 Å². The van der Waals surface area contributed by atoms with Crippen molar-refractivity contribution in [3.8, 4) is 5.75 Å². The van der Waals surface area contributed by atoms with E-state index in [0.29, 0.717) is 11.6 Å². The molecule has 2 saturated heterocycles. The standard InChI is InChI=1S/C16H22ClNO3/c17-14-2-1-3-15(13(14)11-18)21-12-4-7-20-16(10-12)5-8-19-9-6-16/h1-3,12H,4-11,18H2. The average Bonchev–Trinajstić information content (AvgIpc) is 2.48. The average molecular weight is 312 g/mol. The van der Waals surface area contributed by atoms with E-state index in [2.05, 4.69) is 0 Å². The zero-order valence-electron chi connectivity index (χ0n) is 12.1. The summed E-state index contributed by atoms with van der Waals surface area (Å²) in [5.74, 6) is 0.805. The summed E-state index contributed by atoms with van der Waals surface area (Å²) in [7, 11) is 0. The van der Waals surface area contributed by atoms with Crippen LogP contribution in [0.25, 0.3) is 0 Å². The topological polar surface area (TPSA) is 53.7 Å². The predicted octanol–water partition coefficient (Wildman–Crippen LogP) is 2.91. The Morgan fingerprint density at radius 3 is 2.86 bits per heavy atom. The van der Waals surface area contributed by atoms with Gasteiger partial charge in [0.1, 0.15) is 11.9 Å². The maximum Gasteiger partial charge on any atom is 0.125 e. The molecule has 0 bridgehead atoms. The van der Waals surface area contributed by atoms with E-state index in [-0.39, 0.29) is 11.7 Å². The molecule has 2 N–H and O–H groups in total. The van der Waals surface area contributed by atoms with E-state index in [9.17, 15) is 0 Å². The Morgan fingerprint density at radius 1 is 1.29 bits per heavy atom. The summed E-state index contributed by atoms with van der Waals surface area (Å²) in [5.41, 5.74) is 6.60. The minimum Gasteiger partial charge on any atom is -0.490 e. The lowest BCUT2D eigenvalue weighted by Crippen LogP contribution is -2.47. The maximum absolute atomic E-state index is 6.20. The van der Waals surface area contributed by atoms with Crippen molar-refractivity contribution in [3.05, 3.63) is 28.8 Å². The number of ether oxygens (including phenoxy) is 3. The summed E-state index contributed by atoms with van der Waals surface area (Å²) in [6.45, 7) is 2.68. The van der Waals surface area contributed by atoms with Crippen LogP contribution in [0.1, 0.15) is 31.2 Å².